The second kappa shape index (κ2) is 5.81. The van der Waals surface area contributed by atoms with E-state index in [0.717, 1.165) is 31.9 Å². The fourth-order valence-electron chi connectivity index (χ4n) is 2.76. The molecule has 0 aromatic heterocycles. The van der Waals surface area contributed by atoms with Gasteiger partial charge in [0, 0.05) is 25.7 Å². The molecule has 3 rings (SSSR count). The van der Waals surface area contributed by atoms with Crippen molar-refractivity contribution in [1.82, 2.24) is 10.2 Å². The topological polar surface area (TPSA) is 24.5 Å². The van der Waals surface area contributed by atoms with E-state index in [0.29, 0.717) is 6.04 Å². The highest BCUT2D eigenvalue weighted by molar-refractivity contribution is 5.84. The molecule has 1 saturated heterocycles. The van der Waals surface area contributed by atoms with Crippen LogP contribution in [0.5, 0.6) is 5.75 Å². The molecule has 0 saturated carbocycles. The van der Waals surface area contributed by atoms with Crippen LogP contribution >= 0.6 is 0 Å². The summed E-state index contributed by atoms with van der Waals surface area (Å²) in [5.74, 6) is 0.918. The minimum atomic E-state index is 0.701. The summed E-state index contributed by atoms with van der Waals surface area (Å²) in [6.45, 7) is 6.62. The molecule has 2 aromatic rings. The van der Waals surface area contributed by atoms with E-state index in [1.807, 2.05) is 6.07 Å². The molecule has 0 bridgehead atoms. The maximum absolute atomic E-state index is 5.27. The number of hydrogen-bond donors (Lipinski definition) is 1. The Balaban J connectivity index is 1.81. The van der Waals surface area contributed by atoms with Gasteiger partial charge in [-0.05, 0) is 41.1 Å². The van der Waals surface area contributed by atoms with Gasteiger partial charge >= 0.3 is 0 Å². The van der Waals surface area contributed by atoms with Crippen molar-refractivity contribution in [2.45, 2.75) is 19.5 Å². The lowest BCUT2D eigenvalue weighted by molar-refractivity contribution is 0.145. The predicted octanol–water partition coefficient (Wildman–Crippen LogP) is 2.64. The molecule has 0 atom stereocenters. The number of methoxy groups -OCH3 is 1. The van der Waals surface area contributed by atoms with Gasteiger partial charge in [-0.3, -0.25) is 4.90 Å². The largest absolute Gasteiger partial charge is 0.497 e. The highest BCUT2D eigenvalue weighted by Gasteiger charge is 2.23. The van der Waals surface area contributed by atoms with E-state index >= 15 is 0 Å². The van der Waals surface area contributed by atoms with Crippen molar-refractivity contribution in [3.63, 3.8) is 0 Å². The number of fused-ring (bicyclic) bond motifs is 1. The molecule has 0 aliphatic carbocycles. The Kier molecular flexibility index (Phi) is 3.90. The monoisotopic (exact) mass is 270 g/mol. The molecule has 1 N–H and O–H groups in total. The average molecular weight is 270 g/mol. The molecule has 3 nitrogen and oxygen atoms in total. The van der Waals surface area contributed by atoms with Gasteiger partial charge in [0.1, 0.15) is 5.75 Å². The zero-order valence-corrected chi connectivity index (χ0v) is 12.2. The van der Waals surface area contributed by atoms with Crippen LogP contribution in [0.3, 0.4) is 0 Å². The van der Waals surface area contributed by atoms with Gasteiger partial charge in [0.2, 0.25) is 0 Å². The first kappa shape index (κ1) is 13.4. The molecule has 0 amide bonds. The van der Waals surface area contributed by atoms with Crippen molar-refractivity contribution in [1.29, 1.82) is 0 Å². The summed E-state index contributed by atoms with van der Waals surface area (Å²) in [4.78, 5) is 2.54. The first-order valence-electron chi connectivity index (χ1n) is 7.31. The van der Waals surface area contributed by atoms with Crippen LogP contribution in [-0.2, 0) is 6.54 Å². The Bertz CT molecular complexity index is 593. The van der Waals surface area contributed by atoms with Gasteiger partial charge in [-0.15, -0.1) is 0 Å². The van der Waals surface area contributed by atoms with Crippen LogP contribution in [0.2, 0.25) is 0 Å². The summed E-state index contributed by atoms with van der Waals surface area (Å²) in [7, 11) is 1.71. The molecule has 0 unspecified atom stereocenters. The maximum Gasteiger partial charge on any atom is 0.119 e. The third kappa shape index (κ3) is 2.65. The fourth-order valence-corrected chi connectivity index (χ4v) is 2.76. The molecule has 3 heteroatoms. The van der Waals surface area contributed by atoms with Gasteiger partial charge in [0.05, 0.1) is 7.11 Å². The quantitative estimate of drug-likeness (QED) is 0.904. The smallest absolute Gasteiger partial charge is 0.119 e. The van der Waals surface area contributed by atoms with Gasteiger partial charge < -0.3 is 10.1 Å². The zero-order valence-electron chi connectivity index (χ0n) is 12.2. The van der Waals surface area contributed by atoms with E-state index in [1.54, 1.807) is 7.11 Å². The van der Waals surface area contributed by atoms with Crippen LogP contribution in [0.15, 0.2) is 36.4 Å². The Labute approximate surface area is 120 Å². The van der Waals surface area contributed by atoms with Crippen LogP contribution < -0.4 is 10.1 Å². The highest BCUT2D eigenvalue weighted by atomic mass is 16.5. The standard InChI is InChI=1S/C17H22N2O/c1-3-19(16-10-18-11-16)12-13-4-5-15-9-17(20-2)7-6-14(15)8-13/h4-9,16,18H,3,10-12H2,1-2H3. The minimum Gasteiger partial charge on any atom is -0.497 e. The number of ether oxygens (including phenoxy) is 1. The van der Waals surface area contributed by atoms with Gasteiger partial charge in [-0.1, -0.05) is 25.1 Å². The number of nitrogens with one attached hydrogen (secondary N) is 1. The third-order valence-electron chi connectivity index (χ3n) is 4.18. The van der Waals surface area contributed by atoms with Gasteiger partial charge in [0.15, 0.2) is 0 Å². The molecule has 0 radical (unpaired) electrons. The molecule has 1 fully saturated rings. The van der Waals surface area contributed by atoms with Crippen molar-refractivity contribution >= 4 is 10.8 Å². The van der Waals surface area contributed by atoms with E-state index in [1.165, 1.54) is 16.3 Å². The van der Waals surface area contributed by atoms with E-state index in [2.05, 4.69) is 47.5 Å². The average Bonchev–Trinajstić information content (AvgIpc) is 2.44. The van der Waals surface area contributed by atoms with Crippen LogP contribution in [0, 0.1) is 0 Å². The molecule has 1 aliphatic rings. The Morgan fingerprint density at radius 1 is 1.15 bits per heavy atom. The highest BCUT2D eigenvalue weighted by Crippen LogP contribution is 2.23. The number of nitrogens with zero attached hydrogens (tertiary/aromatic N) is 1. The summed E-state index contributed by atoms with van der Waals surface area (Å²) in [5, 5.41) is 5.87. The molecule has 0 spiro atoms. The molecular formula is C17H22N2O. The second-order valence-electron chi connectivity index (χ2n) is 5.42. The SMILES string of the molecule is CCN(Cc1ccc2cc(OC)ccc2c1)C1CNC1. The first-order chi connectivity index (χ1) is 9.80. The van der Waals surface area contributed by atoms with Crippen molar-refractivity contribution in [2.75, 3.05) is 26.7 Å². The summed E-state index contributed by atoms with van der Waals surface area (Å²) < 4.78 is 5.27. The van der Waals surface area contributed by atoms with Gasteiger partial charge in [-0.25, -0.2) is 0 Å². The summed E-state index contributed by atoms with van der Waals surface area (Å²) in [5.41, 5.74) is 1.39. The number of rotatable bonds is 5. The molecule has 1 aliphatic heterocycles. The molecule has 20 heavy (non-hydrogen) atoms. The van der Waals surface area contributed by atoms with Gasteiger partial charge in [0.25, 0.3) is 0 Å². The van der Waals surface area contributed by atoms with Crippen LogP contribution in [0.1, 0.15) is 12.5 Å². The first-order valence-corrected chi connectivity index (χ1v) is 7.31. The molecule has 2 aromatic carbocycles. The minimum absolute atomic E-state index is 0.701. The fraction of sp³-hybridized carbons (Fsp3) is 0.412. The Hall–Kier alpha value is -1.58. The van der Waals surface area contributed by atoms with E-state index in [-0.39, 0.29) is 0 Å². The van der Waals surface area contributed by atoms with E-state index in [9.17, 15) is 0 Å². The molecular weight excluding hydrogens is 248 g/mol. The number of benzene rings is 2. The van der Waals surface area contributed by atoms with Crippen LogP contribution in [0.4, 0.5) is 0 Å². The number of hydrogen-bond acceptors (Lipinski definition) is 3. The predicted molar refractivity (Wildman–Crippen MR) is 83.2 cm³/mol. The van der Waals surface area contributed by atoms with Crippen LogP contribution in [0.25, 0.3) is 10.8 Å². The molecule has 106 valence electrons. The van der Waals surface area contributed by atoms with Crippen LogP contribution in [-0.4, -0.2) is 37.7 Å². The summed E-state index contributed by atoms with van der Waals surface area (Å²) in [6.07, 6.45) is 0. The van der Waals surface area contributed by atoms with E-state index < -0.39 is 0 Å². The lowest BCUT2D eigenvalue weighted by atomic mass is 10.0. The Morgan fingerprint density at radius 2 is 1.90 bits per heavy atom. The summed E-state index contributed by atoms with van der Waals surface area (Å²) >= 11 is 0. The normalized spacial score (nSPS) is 15.6. The lowest BCUT2D eigenvalue weighted by Gasteiger charge is -2.37. The second-order valence-corrected chi connectivity index (χ2v) is 5.42. The maximum atomic E-state index is 5.27. The molecule has 1 heterocycles. The summed E-state index contributed by atoms with van der Waals surface area (Å²) in [6, 6.07) is 13.7. The number of likely N-dealkylation sites (N-methyl/N-ethyl adjacent to an activating group) is 1. The van der Waals surface area contributed by atoms with Crippen molar-refractivity contribution in [3.8, 4) is 5.75 Å². The third-order valence-corrected chi connectivity index (χ3v) is 4.18. The van der Waals surface area contributed by atoms with E-state index in [4.69, 9.17) is 4.74 Å². The van der Waals surface area contributed by atoms with Gasteiger partial charge in [-0.2, -0.15) is 0 Å². The van der Waals surface area contributed by atoms with Crippen molar-refractivity contribution in [2.24, 2.45) is 0 Å². The van der Waals surface area contributed by atoms with Crippen molar-refractivity contribution < 1.29 is 4.74 Å². The zero-order chi connectivity index (χ0) is 13.9. The lowest BCUT2D eigenvalue weighted by Crippen LogP contribution is -2.56. The van der Waals surface area contributed by atoms with Crippen molar-refractivity contribution in [3.05, 3.63) is 42.0 Å². The Morgan fingerprint density at radius 3 is 2.55 bits per heavy atom.